The number of rotatable bonds is 3. The van der Waals surface area contributed by atoms with E-state index in [1.807, 2.05) is 6.07 Å². The molecule has 0 unspecified atom stereocenters. The first-order valence-corrected chi connectivity index (χ1v) is 6.48. The van der Waals surface area contributed by atoms with Crippen LogP contribution in [0.1, 0.15) is 5.56 Å². The molecule has 0 saturated heterocycles. The van der Waals surface area contributed by atoms with Gasteiger partial charge in [-0.25, -0.2) is 9.37 Å². The lowest BCUT2D eigenvalue weighted by Crippen LogP contribution is -2.02. The molecule has 6 heteroatoms. The zero-order chi connectivity index (χ0) is 13.2. The van der Waals surface area contributed by atoms with Crippen molar-refractivity contribution in [1.29, 1.82) is 0 Å². The Hall–Kier alpha value is -1.95. The number of anilines is 1. The molecule has 0 bridgehead atoms. The second kappa shape index (κ2) is 4.97. The number of hydrogen-bond donors (Lipinski definition) is 2. The smallest absolute Gasteiger partial charge is 0.155 e. The van der Waals surface area contributed by atoms with Crippen molar-refractivity contribution in [3.63, 3.8) is 0 Å². The molecular formula is C13H10BrFN4. The number of hydrogen-bond acceptors (Lipinski definition) is 3. The van der Waals surface area contributed by atoms with Crippen LogP contribution >= 0.6 is 15.9 Å². The summed E-state index contributed by atoms with van der Waals surface area (Å²) in [6.45, 7) is 0.399. The highest BCUT2D eigenvalue weighted by molar-refractivity contribution is 9.10. The SMILES string of the molecule is Fc1ccc(Br)cc1CNc1cnc2[nH]ncc2c1. The van der Waals surface area contributed by atoms with Crippen LogP contribution in [-0.4, -0.2) is 15.2 Å². The van der Waals surface area contributed by atoms with Crippen LogP contribution in [0.5, 0.6) is 0 Å². The first-order chi connectivity index (χ1) is 9.22. The Balaban J connectivity index is 1.79. The lowest BCUT2D eigenvalue weighted by molar-refractivity contribution is 0.612. The summed E-state index contributed by atoms with van der Waals surface area (Å²) in [5.41, 5.74) is 2.16. The Kier molecular flexibility index (Phi) is 3.16. The van der Waals surface area contributed by atoms with Crippen LogP contribution in [-0.2, 0) is 6.54 Å². The van der Waals surface area contributed by atoms with E-state index >= 15 is 0 Å². The molecule has 0 radical (unpaired) electrons. The van der Waals surface area contributed by atoms with Gasteiger partial charge in [0.2, 0.25) is 0 Å². The number of aromatic nitrogens is 3. The van der Waals surface area contributed by atoms with Crippen molar-refractivity contribution in [2.24, 2.45) is 0 Å². The van der Waals surface area contributed by atoms with Crippen molar-refractivity contribution in [1.82, 2.24) is 15.2 Å². The number of pyridine rings is 1. The molecule has 2 N–H and O–H groups in total. The van der Waals surface area contributed by atoms with Gasteiger partial charge in [-0.3, -0.25) is 5.10 Å². The fourth-order valence-corrected chi connectivity index (χ4v) is 2.22. The number of nitrogens with one attached hydrogen (secondary N) is 2. The predicted octanol–water partition coefficient (Wildman–Crippen LogP) is 3.47. The minimum absolute atomic E-state index is 0.229. The molecule has 19 heavy (non-hydrogen) atoms. The Morgan fingerprint density at radius 2 is 2.16 bits per heavy atom. The van der Waals surface area contributed by atoms with E-state index in [2.05, 4.69) is 36.4 Å². The molecule has 0 aliphatic heterocycles. The van der Waals surface area contributed by atoms with E-state index in [0.717, 1.165) is 21.2 Å². The summed E-state index contributed by atoms with van der Waals surface area (Å²) in [6, 6.07) is 6.80. The van der Waals surface area contributed by atoms with E-state index in [9.17, 15) is 4.39 Å². The van der Waals surface area contributed by atoms with Crippen molar-refractivity contribution in [3.05, 3.63) is 52.5 Å². The molecule has 1 aromatic carbocycles. The molecule has 3 rings (SSSR count). The molecule has 0 saturated carbocycles. The van der Waals surface area contributed by atoms with Crippen molar-refractivity contribution in [2.45, 2.75) is 6.54 Å². The fraction of sp³-hybridized carbons (Fsp3) is 0.0769. The minimum Gasteiger partial charge on any atom is -0.380 e. The second-order valence-electron chi connectivity index (χ2n) is 4.12. The minimum atomic E-state index is -0.229. The van der Waals surface area contributed by atoms with Gasteiger partial charge >= 0.3 is 0 Å². The van der Waals surface area contributed by atoms with Crippen LogP contribution in [0.25, 0.3) is 11.0 Å². The standard InChI is InChI=1S/C13H10BrFN4/c14-10-1-2-12(15)8(3-10)5-16-11-4-9-6-18-19-13(9)17-7-11/h1-4,6-7,16H,5H2,(H,17,18,19). The molecule has 96 valence electrons. The highest BCUT2D eigenvalue weighted by atomic mass is 79.9. The van der Waals surface area contributed by atoms with E-state index in [4.69, 9.17) is 0 Å². The van der Waals surface area contributed by atoms with Crippen LogP contribution in [0.15, 0.2) is 41.1 Å². The third-order valence-corrected chi connectivity index (χ3v) is 3.28. The summed E-state index contributed by atoms with van der Waals surface area (Å²) in [7, 11) is 0. The van der Waals surface area contributed by atoms with Crippen molar-refractivity contribution in [3.8, 4) is 0 Å². The normalized spacial score (nSPS) is 10.8. The molecule has 2 aromatic heterocycles. The van der Waals surface area contributed by atoms with Crippen molar-refractivity contribution in [2.75, 3.05) is 5.32 Å². The largest absolute Gasteiger partial charge is 0.380 e. The summed E-state index contributed by atoms with van der Waals surface area (Å²) in [5.74, 6) is -0.229. The maximum atomic E-state index is 13.6. The molecule has 0 atom stereocenters. The van der Waals surface area contributed by atoms with E-state index in [1.54, 1.807) is 24.5 Å². The predicted molar refractivity (Wildman–Crippen MR) is 75.3 cm³/mol. The van der Waals surface area contributed by atoms with E-state index < -0.39 is 0 Å². The molecule has 0 aliphatic carbocycles. The van der Waals surface area contributed by atoms with E-state index in [1.165, 1.54) is 6.07 Å². The molecule has 0 aliphatic rings. The van der Waals surface area contributed by atoms with Crippen LogP contribution in [0.3, 0.4) is 0 Å². The van der Waals surface area contributed by atoms with Gasteiger partial charge in [-0.05, 0) is 24.3 Å². The Morgan fingerprint density at radius 1 is 1.26 bits per heavy atom. The number of fused-ring (bicyclic) bond motifs is 1. The highest BCUT2D eigenvalue weighted by Gasteiger charge is 2.04. The van der Waals surface area contributed by atoms with Gasteiger partial charge in [-0.15, -0.1) is 0 Å². The Bertz CT molecular complexity index is 725. The highest BCUT2D eigenvalue weighted by Crippen LogP contribution is 2.18. The van der Waals surface area contributed by atoms with Crippen molar-refractivity contribution < 1.29 is 4.39 Å². The summed E-state index contributed by atoms with van der Waals surface area (Å²) < 4.78 is 14.4. The average molecular weight is 321 g/mol. The third-order valence-electron chi connectivity index (χ3n) is 2.78. The van der Waals surface area contributed by atoms with Gasteiger partial charge in [0.25, 0.3) is 0 Å². The third kappa shape index (κ3) is 2.58. The molecule has 4 nitrogen and oxygen atoms in total. The number of benzene rings is 1. The van der Waals surface area contributed by atoms with Gasteiger partial charge in [0.1, 0.15) is 5.82 Å². The first-order valence-electron chi connectivity index (χ1n) is 5.69. The van der Waals surface area contributed by atoms with Gasteiger partial charge in [0.05, 0.1) is 18.1 Å². The summed E-state index contributed by atoms with van der Waals surface area (Å²) in [4.78, 5) is 4.21. The molecular weight excluding hydrogens is 311 g/mol. The first kappa shape index (κ1) is 12.1. The molecule has 2 heterocycles. The molecule has 0 spiro atoms. The topological polar surface area (TPSA) is 53.6 Å². The number of aromatic amines is 1. The van der Waals surface area contributed by atoms with Gasteiger partial charge in [0, 0.05) is 22.0 Å². The second-order valence-corrected chi connectivity index (χ2v) is 5.04. The molecule has 0 amide bonds. The maximum absolute atomic E-state index is 13.6. The van der Waals surface area contributed by atoms with Crippen molar-refractivity contribution >= 4 is 32.7 Å². The molecule has 0 fully saturated rings. The average Bonchev–Trinajstić information content (AvgIpc) is 2.87. The fourth-order valence-electron chi connectivity index (χ4n) is 1.81. The van der Waals surface area contributed by atoms with Gasteiger partial charge < -0.3 is 5.32 Å². The summed E-state index contributed by atoms with van der Waals surface area (Å²) in [5, 5.41) is 10.7. The monoisotopic (exact) mass is 320 g/mol. The lowest BCUT2D eigenvalue weighted by Gasteiger charge is -2.07. The Morgan fingerprint density at radius 3 is 3.05 bits per heavy atom. The van der Waals surface area contributed by atoms with Crippen LogP contribution in [0.4, 0.5) is 10.1 Å². The zero-order valence-electron chi connectivity index (χ0n) is 9.82. The van der Waals surface area contributed by atoms with Crippen LogP contribution in [0.2, 0.25) is 0 Å². The van der Waals surface area contributed by atoms with E-state index in [0.29, 0.717) is 12.1 Å². The zero-order valence-corrected chi connectivity index (χ0v) is 11.4. The van der Waals surface area contributed by atoms with Gasteiger partial charge in [-0.2, -0.15) is 5.10 Å². The van der Waals surface area contributed by atoms with E-state index in [-0.39, 0.29) is 5.82 Å². The number of halogens is 2. The quantitative estimate of drug-likeness (QED) is 0.777. The molecule has 3 aromatic rings. The number of H-pyrrole nitrogens is 1. The summed E-state index contributed by atoms with van der Waals surface area (Å²) >= 11 is 3.33. The summed E-state index contributed by atoms with van der Waals surface area (Å²) in [6.07, 6.45) is 3.39. The van der Waals surface area contributed by atoms with Gasteiger partial charge in [0.15, 0.2) is 5.65 Å². The lowest BCUT2D eigenvalue weighted by atomic mass is 10.2. The van der Waals surface area contributed by atoms with Crippen LogP contribution < -0.4 is 5.32 Å². The maximum Gasteiger partial charge on any atom is 0.155 e. The van der Waals surface area contributed by atoms with Crippen LogP contribution in [0, 0.1) is 5.82 Å². The van der Waals surface area contributed by atoms with Gasteiger partial charge in [-0.1, -0.05) is 15.9 Å². The Labute approximate surface area is 117 Å². The number of nitrogens with zero attached hydrogens (tertiary/aromatic N) is 2.